The highest BCUT2D eigenvalue weighted by atomic mass is 16.6. The first-order valence-corrected chi connectivity index (χ1v) is 55.3. The first kappa shape index (κ1) is 150. The summed E-state index contributed by atoms with van der Waals surface area (Å²) < 4.78 is 42.0. The van der Waals surface area contributed by atoms with E-state index in [0.717, 1.165) is 94.8 Å². The molecule has 1 aliphatic heterocycles. The van der Waals surface area contributed by atoms with Crippen molar-refractivity contribution in [3.63, 3.8) is 0 Å². The van der Waals surface area contributed by atoms with Gasteiger partial charge in [-0.25, -0.2) is 9.59 Å². The Morgan fingerprint density at radius 2 is 0.800 bits per heavy atom. The van der Waals surface area contributed by atoms with Crippen molar-refractivity contribution < 1.29 is 111 Å². The fraction of sp³-hybridized carbons (Fsp3) is 0.798. The zero-order valence-corrected chi connectivity index (χ0v) is 102. The van der Waals surface area contributed by atoms with Crippen molar-refractivity contribution in [2.75, 3.05) is 47.0 Å². The van der Waals surface area contributed by atoms with E-state index in [4.69, 9.17) is 76.8 Å². The number of likely N-dealkylation sites (tertiary alicyclic amines) is 1. The van der Waals surface area contributed by atoms with Crippen LogP contribution in [0.25, 0.3) is 0 Å². The van der Waals surface area contributed by atoms with E-state index in [2.05, 4.69) is 116 Å². The number of phenolic OH excluding ortho intramolecular Hbond substituents is 1. The molecule has 2 unspecified atom stereocenters. The van der Waals surface area contributed by atoms with E-state index in [1.54, 1.807) is 12.1 Å². The molecule has 2 aromatic rings. The molecule has 1 saturated heterocycles. The van der Waals surface area contributed by atoms with Gasteiger partial charge in [0.1, 0.15) is 59.8 Å². The van der Waals surface area contributed by atoms with Crippen molar-refractivity contribution in [3.8, 4) is 5.75 Å². The van der Waals surface area contributed by atoms with E-state index >= 15 is 0 Å². The summed E-state index contributed by atoms with van der Waals surface area (Å²) in [6.07, 6.45) is 20.1. The van der Waals surface area contributed by atoms with E-state index in [1.165, 1.54) is 44.1 Å². The summed E-state index contributed by atoms with van der Waals surface area (Å²) in [5.41, 5.74) is 30.9. The standard InChI is InChI=1S/C17H34N2O3.C17H27NO3.C13H22O4.C12H17NO2.C12H25NO2.C11H23NO2.C11H20O2.C11H22O2.C9H17NO.C6H13NO2/c1-10(2)13(18)15(20)19-14(11(3)4)16(21)22-12(5)9-17(6,7)8;1-17(2,3)10-11-21-16(20)15(18(4)5)12-13-6-8-14(19)9-7-13;1-10(2)8-12(14)16-9-13(15)17-11-6-4-3-5-7-11;1-8(2)10-5-3-9(4-6-10)7-11(13)12(14)15;1-8(2)10(13)11(14)15-9(3)7-12(4,5)6;1-8(2)9(12)10(13)14-7-6-11(3,4)5;1-9(2)8-11(12)13-10-6-4-3-5-7-10;1-8(2)11(6,7)9(12)13-10(3,4)5;1-8(2)7-9(11)10-5-3-4-6-10;1-4(2)3-5(7)6(8)9/h10-14H,9,18H2,1-8H3,(H,19,20);6-9,15,19H,10-12H2,1-5H3;10-11H,3-9H2,1-2H3;3-6,8,11H,7,13H2,1-2H3,(H,14,15);8-10H,7,13H2,1-6H3;8-9H,6-7,12H2,1-5H3;9-10H,3-8H2,1-2H3;8H,1-7H3;8H,3-7H2,1-2H3;4-5H,3,7H2,1-2H3,(H,8,9)/t12?,13-,14+;15-;;11-;9?,10-;9-;;;;5-/m10.100...1/s1. The third-order valence-corrected chi connectivity index (χ3v) is 24.2. The van der Waals surface area contributed by atoms with Crippen LogP contribution in [0.15, 0.2) is 48.5 Å². The van der Waals surface area contributed by atoms with E-state index < -0.39 is 65.5 Å². The molecule has 150 heavy (non-hydrogen) atoms. The predicted molar refractivity (Wildman–Crippen MR) is 604 cm³/mol. The van der Waals surface area contributed by atoms with Crippen molar-refractivity contribution in [3.05, 3.63) is 65.2 Å². The van der Waals surface area contributed by atoms with Gasteiger partial charge in [-0.15, -0.1) is 0 Å². The van der Waals surface area contributed by atoms with Crippen LogP contribution in [0.5, 0.6) is 5.75 Å². The highest BCUT2D eigenvalue weighted by Crippen LogP contribution is 2.32. The van der Waals surface area contributed by atoms with Crippen molar-refractivity contribution in [1.29, 1.82) is 0 Å². The minimum Gasteiger partial charge on any atom is -0.508 e. The highest BCUT2D eigenvalue weighted by molar-refractivity contribution is 5.88. The summed E-state index contributed by atoms with van der Waals surface area (Å²) in [6, 6.07) is 10.7. The van der Waals surface area contributed by atoms with Gasteiger partial charge in [0.15, 0.2) is 6.61 Å². The maximum Gasteiger partial charge on any atom is 0.344 e. The number of hydrogen-bond donors (Lipinski definition) is 9. The molecule has 5 rings (SSSR count). The molecular weight excluding hydrogens is 1910 g/mol. The number of phenols is 1. The lowest BCUT2D eigenvalue weighted by Crippen LogP contribution is -2.53. The van der Waals surface area contributed by atoms with Crippen LogP contribution in [0.4, 0.5) is 0 Å². The van der Waals surface area contributed by atoms with Gasteiger partial charge in [0.05, 0.1) is 36.9 Å². The van der Waals surface area contributed by atoms with Crippen LogP contribution in [-0.2, 0) is 108 Å². The molecule has 2 aliphatic carbocycles. The summed E-state index contributed by atoms with van der Waals surface area (Å²) in [5.74, 6) is -1.13. The summed E-state index contributed by atoms with van der Waals surface area (Å²) in [4.78, 5) is 141. The summed E-state index contributed by atoms with van der Waals surface area (Å²) in [5, 5.41) is 29.0. The van der Waals surface area contributed by atoms with E-state index in [1.807, 2.05) is 220 Å². The van der Waals surface area contributed by atoms with Gasteiger partial charge in [-0.3, -0.25) is 52.8 Å². The first-order chi connectivity index (χ1) is 68.5. The fourth-order valence-electron chi connectivity index (χ4n) is 14.2. The van der Waals surface area contributed by atoms with Crippen molar-refractivity contribution >= 4 is 71.5 Å². The molecule has 0 spiro atoms. The van der Waals surface area contributed by atoms with Crippen molar-refractivity contribution in [1.82, 2.24) is 15.1 Å². The normalized spacial score (nSPS) is 15.3. The Labute approximate surface area is 909 Å². The third kappa shape index (κ3) is 82.3. The zero-order chi connectivity index (χ0) is 118. The van der Waals surface area contributed by atoms with Crippen LogP contribution in [0.1, 0.15) is 421 Å². The number of carbonyl (C=O) groups is 12. The van der Waals surface area contributed by atoms with Crippen molar-refractivity contribution in [2.24, 2.45) is 109 Å². The Balaban J connectivity index is -0.000000524. The molecule has 3 aliphatic rings. The smallest absolute Gasteiger partial charge is 0.344 e. The molecule has 14 N–H and O–H groups in total. The number of benzene rings is 2. The average Bonchev–Trinajstić information content (AvgIpc) is 0.905. The molecule has 0 bridgehead atoms. The van der Waals surface area contributed by atoms with Crippen LogP contribution in [0, 0.1) is 80.3 Å². The lowest BCUT2D eigenvalue weighted by Gasteiger charge is -2.31. The Bertz CT molecular complexity index is 4030. The minimum atomic E-state index is -0.956. The molecule has 1 heterocycles. The highest BCUT2D eigenvalue weighted by Gasteiger charge is 2.37. The van der Waals surface area contributed by atoms with Gasteiger partial charge in [-0.1, -0.05) is 271 Å². The second kappa shape index (κ2) is 77.1. The quantitative estimate of drug-likeness (QED) is 0.0221. The largest absolute Gasteiger partial charge is 0.508 e. The van der Waals surface area contributed by atoms with Crippen molar-refractivity contribution in [2.45, 2.75) is 490 Å². The number of carboxylic acids is 2. The number of amides is 2. The van der Waals surface area contributed by atoms with Crippen LogP contribution in [-0.4, -0.2) is 216 Å². The van der Waals surface area contributed by atoms with Crippen LogP contribution < -0.4 is 34.0 Å². The number of carbonyl (C=O) groups excluding carboxylic acids is 10. The van der Waals surface area contributed by atoms with E-state index in [-0.39, 0.29) is 141 Å². The number of ether oxygens (including phenoxy) is 8. The molecule has 2 amide bonds. The Morgan fingerprint density at radius 3 is 1.15 bits per heavy atom. The van der Waals surface area contributed by atoms with Gasteiger partial charge in [0.25, 0.3) is 0 Å². The molecule has 31 heteroatoms. The zero-order valence-electron chi connectivity index (χ0n) is 102. The second-order valence-corrected chi connectivity index (χ2v) is 50.9. The maximum atomic E-state index is 12.3. The monoisotopic (exact) mass is 2130 g/mol. The fourth-order valence-corrected chi connectivity index (χ4v) is 14.2. The number of nitrogens with two attached hydrogens (primary N) is 5. The first-order valence-electron chi connectivity index (χ1n) is 55.3. The average molecular weight is 2130 g/mol. The van der Waals surface area contributed by atoms with E-state index in [0.29, 0.717) is 80.8 Å². The summed E-state index contributed by atoms with van der Waals surface area (Å²) >= 11 is 0. The molecule has 3 fully saturated rings. The van der Waals surface area contributed by atoms with Gasteiger partial charge < -0.3 is 92.1 Å². The third-order valence-electron chi connectivity index (χ3n) is 24.2. The minimum absolute atomic E-state index is 0.0121. The molecule has 0 radical (unpaired) electrons. The predicted octanol–water partition coefficient (Wildman–Crippen LogP) is 21.8. The molecular formula is C119H220N8O23. The molecule has 9 atom stereocenters. The topological polar surface area (TPSA) is 488 Å². The number of carboxylic acid groups (broad SMARTS) is 2. The molecule has 0 aromatic heterocycles. The molecule has 31 nitrogen and oxygen atoms in total. The Kier molecular flexibility index (Phi) is 77.1. The molecule has 874 valence electrons. The molecule has 2 saturated carbocycles. The number of nitrogens with one attached hydrogen (secondary N) is 1. The number of hydrogen-bond acceptors (Lipinski definition) is 27. The Hall–Kier alpha value is -8.36. The lowest BCUT2D eigenvalue weighted by molar-refractivity contribution is -0.168. The SMILES string of the molecule is CC(C)C(C)(C)C(=O)OC(C)(C)C.CC(C)CC(=O)N1CCCC1.CC(C)CC(=O)OC1CCCCC1.CC(C)CC(=O)OCC(=O)OC1CCCCC1.CC(C)C[C@@H](N)C(=O)O.CC(C)[C@H](N)C(=O)OCCC(C)(C)C.CC(C)c1ccc(C[C@@H](N)C(=O)O)cc1.CC(CC(C)(C)C)OC(=O)[C@@H](N)C(C)C.CC(CC(C)(C)C)OC(=O)[C@@H](NC(=O)[C@H](N)C(C)C)C(C)C.CN(C)[C@@H](Cc1ccc(O)cc1)C(=O)OCCC(C)(C)C. The van der Waals surface area contributed by atoms with Gasteiger partial charge in [-0.2, -0.15) is 0 Å². The summed E-state index contributed by atoms with van der Waals surface area (Å²) in [6.45, 7) is 80.8. The lowest BCUT2D eigenvalue weighted by atomic mass is 9.81. The number of nitrogens with zero attached hydrogens (tertiary/aromatic N) is 2. The number of aliphatic carboxylic acids is 2. The van der Waals surface area contributed by atoms with Gasteiger partial charge in [0, 0.05) is 32.4 Å². The van der Waals surface area contributed by atoms with Gasteiger partial charge in [0.2, 0.25) is 11.8 Å². The number of rotatable bonds is 40. The number of likely N-dealkylation sites (N-methyl/N-ethyl adjacent to an activating group) is 1. The summed E-state index contributed by atoms with van der Waals surface area (Å²) in [7, 11) is 3.74. The Morgan fingerprint density at radius 1 is 0.420 bits per heavy atom. The number of aromatic hydroxyl groups is 1. The number of esters is 8. The van der Waals surface area contributed by atoms with Crippen LogP contribution >= 0.6 is 0 Å². The van der Waals surface area contributed by atoms with E-state index in [9.17, 15) is 62.6 Å². The van der Waals surface area contributed by atoms with Crippen LogP contribution in [0.3, 0.4) is 0 Å². The maximum absolute atomic E-state index is 12.3. The van der Waals surface area contributed by atoms with Crippen LogP contribution in [0.2, 0.25) is 0 Å². The van der Waals surface area contributed by atoms with Gasteiger partial charge in [-0.05, 0) is 281 Å². The second-order valence-electron chi connectivity index (χ2n) is 50.9. The molecule has 2 aromatic carbocycles. The van der Waals surface area contributed by atoms with Gasteiger partial charge >= 0.3 is 59.7 Å².